The molecule has 3 atom stereocenters. The van der Waals surface area contributed by atoms with Crippen LogP contribution in [0.25, 0.3) is 0 Å². The van der Waals surface area contributed by atoms with Crippen LogP contribution < -0.4 is 5.23 Å². The zero-order valence-electron chi connectivity index (χ0n) is 14.3. The molecule has 1 aromatic carbocycles. The fraction of sp³-hybridized carbons (Fsp3) is 0.556. The summed E-state index contributed by atoms with van der Waals surface area (Å²) in [6, 6.07) is 5.46. The first-order chi connectivity index (χ1) is 11.3. The van der Waals surface area contributed by atoms with Gasteiger partial charge in [-0.05, 0) is 48.9 Å². The number of Topliss-reactive ketones (excluding diaryl/α,β-unsaturated/α-hetero) is 1. The maximum absolute atomic E-state index is 12.6. The molecule has 0 spiro atoms. The van der Waals surface area contributed by atoms with E-state index in [-0.39, 0.29) is 46.6 Å². The van der Waals surface area contributed by atoms with Crippen LogP contribution in [0.4, 0.5) is 5.69 Å². The first kappa shape index (κ1) is 18.4. The van der Waals surface area contributed by atoms with Crippen molar-refractivity contribution in [3.63, 3.8) is 0 Å². The second-order valence-corrected chi connectivity index (χ2v) is 6.83. The second kappa shape index (κ2) is 7.77. The smallest absolute Gasteiger partial charge is 0.338 e. The number of ether oxygens (including phenoxy) is 1. The molecule has 1 aliphatic carbocycles. The summed E-state index contributed by atoms with van der Waals surface area (Å²) in [6.45, 7) is 6.19. The van der Waals surface area contributed by atoms with Crippen LogP contribution in [-0.2, 0) is 9.53 Å². The zero-order valence-corrected chi connectivity index (χ0v) is 14.3. The average molecular weight is 334 g/mol. The third kappa shape index (κ3) is 4.13. The van der Waals surface area contributed by atoms with Crippen molar-refractivity contribution < 1.29 is 19.5 Å². The number of benzene rings is 1. The fourth-order valence-corrected chi connectivity index (χ4v) is 3.22. The molecule has 0 bridgehead atoms. The van der Waals surface area contributed by atoms with Gasteiger partial charge in [-0.3, -0.25) is 10.0 Å². The molecule has 0 unspecified atom stereocenters. The third-order valence-electron chi connectivity index (χ3n) is 4.87. The van der Waals surface area contributed by atoms with E-state index in [9.17, 15) is 14.8 Å². The maximum atomic E-state index is 12.6. The molecule has 1 aromatic rings. The molecule has 6 nitrogen and oxygen atoms in total. The summed E-state index contributed by atoms with van der Waals surface area (Å²) in [5.74, 6) is -0.0751. The van der Waals surface area contributed by atoms with Crippen LogP contribution in [-0.4, -0.2) is 23.6 Å². The molecule has 0 amide bonds. The molecule has 0 aromatic heterocycles. The van der Waals surface area contributed by atoms with Crippen molar-refractivity contribution in [2.24, 2.45) is 23.7 Å². The molecule has 24 heavy (non-hydrogen) atoms. The third-order valence-corrected chi connectivity index (χ3v) is 4.87. The van der Waals surface area contributed by atoms with E-state index < -0.39 is 5.97 Å². The zero-order chi connectivity index (χ0) is 17.9. The van der Waals surface area contributed by atoms with Crippen molar-refractivity contribution in [3.8, 4) is 0 Å². The SMILES string of the molecule is CC(C)[C@H]1CC[C@@H](C)[C@@H](COC(=O)c2ccc(N([O-])O)cc2)C1=O. The molecular weight excluding hydrogens is 310 g/mol. The van der Waals surface area contributed by atoms with Crippen molar-refractivity contribution in [2.75, 3.05) is 11.8 Å². The Balaban J connectivity index is 1.98. The van der Waals surface area contributed by atoms with Gasteiger partial charge in [-0.15, -0.1) is 0 Å². The van der Waals surface area contributed by atoms with Gasteiger partial charge >= 0.3 is 5.97 Å². The van der Waals surface area contributed by atoms with E-state index in [4.69, 9.17) is 9.94 Å². The fourth-order valence-electron chi connectivity index (χ4n) is 3.22. The largest absolute Gasteiger partial charge is 0.733 e. The molecule has 0 heterocycles. The van der Waals surface area contributed by atoms with E-state index in [1.54, 1.807) is 0 Å². The van der Waals surface area contributed by atoms with Crippen LogP contribution >= 0.6 is 0 Å². The minimum absolute atomic E-state index is 0.0300. The molecule has 1 saturated carbocycles. The lowest BCUT2D eigenvalue weighted by Gasteiger charge is -2.34. The van der Waals surface area contributed by atoms with Gasteiger partial charge in [0.15, 0.2) is 0 Å². The van der Waals surface area contributed by atoms with Gasteiger partial charge in [0, 0.05) is 5.92 Å². The Morgan fingerprint density at radius 1 is 1.33 bits per heavy atom. The van der Waals surface area contributed by atoms with Gasteiger partial charge < -0.3 is 15.2 Å². The highest BCUT2D eigenvalue weighted by Crippen LogP contribution is 2.34. The predicted molar refractivity (Wildman–Crippen MR) is 89.6 cm³/mol. The molecule has 6 heteroatoms. The van der Waals surface area contributed by atoms with Crippen molar-refractivity contribution >= 4 is 17.4 Å². The average Bonchev–Trinajstić information content (AvgIpc) is 2.54. The first-order valence-electron chi connectivity index (χ1n) is 8.28. The summed E-state index contributed by atoms with van der Waals surface area (Å²) in [5.41, 5.74) is 0.305. The van der Waals surface area contributed by atoms with Crippen LogP contribution in [0.5, 0.6) is 0 Å². The van der Waals surface area contributed by atoms with E-state index in [1.165, 1.54) is 24.3 Å². The summed E-state index contributed by atoms with van der Waals surface area (Å²) >= 11 is 0. The summed E-state index contributed by atoms with van der Waals surface area (Å²) in [6.07, 6.45) is 1.86. The highest BCUT2D eigenvalue weighted by Gasteiger charge is 2.37. The molecule has 0 radical (unpaired) electrons. The molecule has 1 aliphatic rings. The standard InChI is InChI=1S/C18H24NO5/c1-11(2)15-9-4-12(3)16(17(15)20)10-24-18(21)13-5-7-14(8-6-13)19(22)23/h5-8,11-12,15-16,22H,4,9-10H2,1-3H3/q-1/t12-,15-,16-/m1/s1. The lowest BCUT2D eigenvalue weighted by Crippen LogP contribution is -2.39. The normalized spacial score (nSPS) is 24.1. The topological polar surface area (TPSA) is 89.9 Å². The van der Waals surface area contributed by atoms with Gasteiger partial charge in [0.05, 0.1) is 17.2 Å². The van der Waals surface area contributed by atoms with E-state index in [2.05, 4.69) is 0 Å². The van der Waals surface area contributed by atoms with Crippen LogP contribution in [0.15, 0.2) is 24.3 Å². The predicted octanol–water partition coefficient (Wildman–Crippen LogP) is 3.42. The van der Waals surface area contributed by atoms with Crippen molar-refractivity contribution in [3.05, 3.63) is 35.0 Å². The Morgan fingerprint density at radius 3 is 2.50 bits per heavy atom. The number of rotatable bonds is 5. The Labute approximate surface area is 141 Å². The minimum atomic E-state index is -0.538. The Hall–Kier alpha value is -1.92. The van der Waals surface area contributed by atoms with Gasteiger partial charge in [-0.1, -0.05) is 20.8 Å². The summed E-state index contributed by atoms with van der Waals surface area (Å²) in [7, 11) is 0. The molecule has 1 N–H and O–H groups in total. The quantitative estimate of drug-likeness (QED) is 0.655. The highest BCUT2D eigenvalue weighted by atomic mass is 16.8. The van der Waals surface area contributed by atoms with E-state index in [0.29, 0.717) is 5.92 Å². The Bertz CT molecular complexity index is 582. The summed E-state index contributed by atoms with van der Waals surface area (Å²) in [5, 5.41) is 19.2. The number of hydrogen-bond acceptors (Lipinski definition) is 6. The number of ketones is 1. The van der Waals surface area contributed by atoms with E-state index in [1.807, 2.05) is 20.8 Å². The van der Waals surface area contributed by atoms with Crippen molar-refractivity contribution in [1.29, 1.82) is 0 Å². The molecule has 132 valence electrons. The van der Waals surface area contributed by atoms with Gasteiger partial charge in [-0.2, -0.15) is 0 Å². The van der Waals surface area contributed by atoms with Gasteiger partial charge in [0.1, 0.15) is 12.4 Å². The number of carbonyl (C=O) groups is 2. The van der Waals surface area contributed by atoms with Crippen molar-refractivity contribution in [1.82, 2.24) is 0 Å². The number of anilines is 1. The van der Waals surface area contributed by atoms with Gasteiger partial charge in [0.2, 0.25) is 0 Å². The van der Waals surface area contributed by atoms with Crippen molar-refractivity contribution in [2.45, 2.75) is 33.6 Å². The molecule has 2 rings (SSSR count). The minimum Gasteiger partial charge on any atom is -0.733 e. The maximum Gasteiger partial charge on any atom is 0.338 e. The number of hydrogen-bond donors (Lipinski definition) is 1. The molecular formula is C18H24NO5-. The van der Waals surface area contributed by atoms with Crippen LogP contribution in [0.2, 0.25) is 0 Å². The van der Waals surface area contributed by atoms with E-state index >= 15 is 0 Å². The monoisotopic (exact) mass is 334 g/mol. The van der Waals surface area contributed by atoms with Crippen LogP contribution in [0.3, 0.4) is 0 Å². The van der Waals surface area contributed by atoms with E-state index in [0.717, 1.165) is 12.8 Å². The number of nitrogens with zero attached hydrogens (tertiary/aromatic N) is 1. The van der Waals surface area contributed by atoms with Gasteiger partial charge in [-0.25, -0.2) is 4.79 Å². The number of carbonyl (C=O) groups excluding carboxylic acids is 2. The van der Waals surface area contributed by atoms with Crippen LogP contribution in [0.1, 0.15) is 44.0 Å². The highest BCUT2D eigenvalue weighted by molar-refractivity contribution is 5.90. The number of esters is 1. The first-order valence-corrected chi connectivity index (χ1v) is 8.28. The second-order valence-electron chi connectivity index (χ2n) is 6.83. The molecule has 0 saturated heterocycles. The lowest BCUT2D eigenvalue weighted by molar-refractivity contribution is -0.134. The van der Waals surface area contributed by atoms with Gasteiger partial charge in [0.25, 0.3) is 0 Å². The van der Waals surface area contributed by atoms with Crippen LogP contribution in [0, 0.1) is 28.9 Å². The Kier molecular flexibility index (Phi) is 5.96. The summed E-state index contributed by atoms with van der Waals surface area (Å²) < 4.78 is 5.32. The lowest BCUT2D eigenvalue weighted by atomic mass is 9.70. The molecule has 1 fully saturated rings. The molecule has 0 aliphatic heterocycles. The Morgan fingerprint density at radius 2 is 1.96 bits per heavy atom. The summed E-state index contributed by atoms with van der Waals surface area (Å²) in [4.78, 5) is 24.7.